The van der Waals surface area contributed by atoms with Gasteiger partial charge in [0, 0.05) is 55.7 Å². The van der Waals surface area contributed by atoms with E-state index in [0.717, 1.165) is 0 Å². The van der Waals surface area contributed by atoms with E-state index in [1.54, 1.807) is 0 Å². The molecule has 0 aliphatic carbocycles. The number of unbranched alkanes of at least 4 members (excludes halogenated alkanes) is 39. The average molecular weight is 1290 g/mol. The molecular formula is C63H114I3N3. The third kappa shape index (κ3) is 56.8. The van der Waals surface area contributed by atoms with Crippen LogP contribution in [0.3, 0.4) is 0 Å². The summed E-state index contributed by atoms with van der Waals surface area (Å²) in [5.41, 5.74) is 0. The SMILES string of the molecule is CCCCCCCCCCCCCCCC[n+]1ccccc1.CCCCCCCCCCCCCCCC[n+]1ccccc1.CCCCCCCCCCCCCCCC[n+]1ccccc1.[I-].[I-].[I-]. The number of halogens is 3. The van der Waals surface area contributed by atoms with Crippen molar-refractivity contribution in [2.24, 2.45) is 0 Å². The van der Waals surface area contributed by atoms with Crippen LogP contribution in [0.2, 0.25) is 0 Å². The molecule has 0 aliphatic rings. The summed E-state index contributed by atoms with van der Waals surface area (Å²) in [5, 5.41) is 0. The number of nitrogens with zero attached hydrogens (tertiary/aromatic N) is 3. The Morgan fingerprint density at radius 1 is 0.174 bits per heavy atom. The Kier molecular flexibility index (Phi) is 67.3. The number of aromatic nitrogens is 3. The van der Waals surface area contributed by atoms with Crippen molar-refractivity contribution in [3.63, 3.8) is 0 Å². The molecule has 0 N–H and O–H groups in total. The molecule has 0 radical (unpaired) electrons. The maximum atomic E-state index is 2.29. The molecule has 0 saturated heterocycles. The molecule has 3 aromatic heterocycles. The standard InChI is InChI=1S/3C21H38N.3HI/c3*1-2-3-4-5-6-7-8-9-10-11-12-13-14-16-19-22-20-17-15-18-21-22;;;/h3*15,17-18,20-21H,2-14,16,19H2,1H3;3*1H/q3*+1;;;/p-3. The van der Waals surface area contributed by atoms with Crippen molar-refractivity contribution in [1.82, 2.24) is 0 Å². The summed E-state index contributed by atoms with van der Waals surface area (Å²) in [6.07, 6.45) is 73.3. The zero-order valence-corrected chi connectivity index (χ0v) is 52.4. The molecule has 0 bridgehead atoms. The van der Waals surface area contributed by atoms with Crippen LogP contribution in [0.1, 0.15) is 290 Å². The molecule has 3 heterocycles. The van der Waals surface area contributed by atoms with Gasteiger partial charge in [0.2, 0.25) is 0 Å². The van der Waals surface area contributed by atoms with Crippen molar-refractivity contribution in [2.75, 3.05) is 0 Å². The molecule has 0 saturated carbocycles. The van der Waals surface area contributed by atoms with Gasteiger partial charge in [0.25, 0.3) is 0 Å². The summed E-state index contributed by atoms with van der Waals surface area (Å²) < 4.78 is 6.88. The van der Waals surface area contributed by atoms with Gasteiger partial charge in [-0.05, 0) is 19.3 Å². The molecule has 402 valence electrons. The monoisotopic (exact) mass is 1290 g/mol. The minimum Gasteiger partial charge on any atom is -1.00 e. The second-order valence-corrected chi connectivity index (χ2v) is 20.1. The predicted octanol–water partition coefficient (Wildman–Crippen LogP) is 10.4. The van der Waals surface area contributed by atoms with Crippen LogP contribution in [0.5, 0.6) is 0 Å². The molecule has 0 amide bonds. The highest BCUT2D eigenvalue weighted by atomic mass is 127. The van der Waals surface area contributed by atoms with E-state index in [9.17, 15) is 0 Å². The van der Waals surface area contributed by atoms with Crippen molar-refractivity contribution < 1.29 is 85.6 Å². The van der Waals surface area contributed by atoms with Crippen LogP contribution in [-0.2, 0) is 19.6 Å². The smallest absolute Gasteiger partial charge is 0.168 e. The van der Waals surface area contributed by atoms with Gasteiger partial charge in [0.1, 0.15) is 19.6 Å². The molecule has 0 fully saturated rings. The fourth-order valence-corrected chi connectivity index (χ4v) is 9.22. The molecule has 3 rings (SSSR count). The topological polar surface area (TPSA) is 11.6 Å². The van der Waals surface area contributed by atoms with Crippen LogP contribution in [0.15, 0.2) is 91.8 Å². The van der Waals surface area contributed by atoms with E-state index >= 15 is 0 Å². The molecule has 0 unspecified atom stereocenters. The molecule has 3 aromatic rings. The van der Waals surface area contributed by atoms with E-state index in [4.69, 9.17) is 0 Å². The maximum absolute atomic E-state index is 2.29. The Hall–Kier alpha value is -0.360. The lowest BCUT2D eigenvalue weighted by Gasteiger charge is -2.02. The van der Waals surface area contributed by atoms with Gasteiger partial charge in [-0.3, -0.25) is 0 Å². The van der Waals surface area contributed by atoms with Crippen LogP contribution in [-0.4, -0.2) is 0 Å². The van der Waals surface area contributed by atoms with Crippen LogP contribution < -0.4 is 85.6 Å². The van der Waals surface area contributed by atoms with E-state index in [1.165, 1.54) is 289 Å². The average Bonchev–Trinajstić information content (AvgIpc) is 3.35. The summed E-state index contributed by atoms with van der Waals surface area (Å²) >= 11 is 0. The number of aryl methyl sites for hydroxylation is 3. The van der Waals surface area contributed by atoms with Gasteiger partial charge in [0.15, 0.2) is 37.2 Å². The maximum Gasteiger partial charge on any atom is 0.168 e. The number of hydrogen-bond acceptors (Lipinski definition) is 0. The second kappa shape index (κ2) is 63.8. The minimum absolute atomic E-state index is 0. The molecule has 0 aromatic carbocycles. The lowest BCUT2D eigenvalue weighted by molar-refractivity contribution is -0.697. The minimum atomic E-state index is 0. The first-order valence-corrected chi connectivity index (χ1v) is 29.6. The summed E-state index contributed by atoms with van der Waals surface area (Å²) in [6.45, 7) is 10.4. The lowest BCUT2D eigenvalue weighted by atomic mass is 10.0. The second-order valence-electron chi connectivity index (χ2n) is 20.1. The molecule has 69 heavy (non-hydrogen) atoms. The molecule has 0 aliphatic heterocycles. The number of hydrogen-bond donors (Lipinski definition) is 0. The first kappa shape index (κ1) is 72.9. The van der Waals surface area contributed by atoms with Crippen LogP contribution in [0, 0.1) is 0 Å². The highest BCUT2D eigenvalue weighted by Gasteiger charge is 2.01. The van der Waals surface area contributed by atoms with Gasteiger partial charge in [-0.25, -0.2) is 13.7 Å². The van der Waals surface area contributed by atoms with Crippen molar-refractivity contribution in [2.45, 2.75) is 310 Å². The lowest BCUT2D eigenvalue weighted by Crippen LogP contribution is -3.00. The van der Waals surface area contributed by atoms with Gasteiger partial charge in [-0.1, -0.05) is 270 Å². The third-order valence-corrected chi connectivity index (χ3v) is 13.6. The molecule has 6 heteroatoms. The number of rotatable bonds is 45. The molecule has 3 nitrogen and oxygen atoms in total. The summed E-state index contributed by atoms with van der Waals surface area (Å²) in [6, 6.07) is 18.9. The van der Waals surface area contributed by atoms with E-state index in [2.05, 4.69) is 126 Å². The summed E-state index contributed by atoms with van der Waals surface area (Å²) in [5.74, 6) is 0. The zero-order chi connectivity index (χ0) is 47.2. The van der Waals surface area contributed by atoms with Crippen molar-refractivity contribution in [1.29, 1.82) is 0 Å². The van der Waals surface area contributed by atoms with E-state index < -0.39 is 0 Å². The van der Waals surface area contributed by atoms with Crippen molar-refractivity contribution in [3.05, 3.63) is 91.8 Å². The summed E-state index contributed by atoms with van der Waals surface area (Å²) in [4.78, 5) is 0. The van der Waals surface area contributed by atoms with Gasteiger partial charge < -0.3 is 71.9 Å². The first-order chi connectivity index (χ1) is 32.8. The predicted molar refractivity (Wildman–Crippen MR) is 291 cm³/mol. The first-order valence-electron chi connectivity index (χ1n) is 29.6. The van der Waals surface area contributed by atoms with Crippen LogP contribution >= 0.6 is 0 Å². The van der Waals surface area contributed by atoms with Gasteiger partial charge in [-0.2, -0.15) is 0 Å². The fraction of sp³-hybridized carbons (Fsp3) is 0.762. The summed E-state index contributed by atoms with van der Waals surface area (Å²) in [7, 11) is 0. The molecule has 0 atom stereocenters. The van der Waals surface area contributed by atoms with E-state index in [0.29, 0.717) is 0 Å². The largest absolute Gasteiger partial charge is 1.00 e. The molecule has 0 spiro atoms. The van der Waals surface area contributed by atoms with Crippen LogP contribution in [0.25, 0.3) is 0 Å². The molecular weight excluding hydrogens is 1180 g/mol. The normalized spacial score (nSPS) is 10.5. The van der Waals surface area contributed by atoms with Crippen molar-refractivity contribution in [3.8, 4) is 0 Å². The fourth-order valence-electron chi connectivity index (χ4n) is 9.22. The Bertz CT molecular complexity index is 1140. The Morgan fingerprint density at radius 2 is 0.304 bits per heavy atom. The Labute approximate surface area is 483 Å². The highest BCUT2D eigenvalue weighted by molar-refractivity contribution is 4.84. The Balaban J connectivity index is -0.000000927. The van der Waals surface area contributed by atoms with Gasteiger partial charge >= 0.3 is 0 Å². The van der Waals surface area contributed by atoms with Gasteiger partial charge in [-0.15, -0.1) is 0 Å². The zero-order valence-electron chi connectivity index (χ0n) is 46.0. The highest BCUT2D eigenvalue weighted by Crippen LogP contribution is 2.16. The van der Waals surface area contributed by atoms with Crippen molar-refractivity contribution >= 4 is 0 Å². The van der Waals surface area contributed by atoms with E-state index in [-0.39, 0.29) is 71.9 Å². The van der Waals surface area contributed by atoms with E-state index in [1.807, 2.05) is 0 Å². The number of pyridine rings is 3. The van der Waals surface area contributed by atoms with Gasteiger partial charge in [0.05, 0.1) is 0 Å². The van der Waals surface area contributed by atoms with Crippen LogP contribution in [0.4, 0.5) is 0 Å². The third-order valence-electron chi connectivity index (χ3n) is 13.6. The Morgan fingerprint density at radius 3 is 0.449 bits per heavy atom. The quantitative estimate of drug-likeness (QED) is 0.0304.